The summed E-state index contributed by atoms with van der Waals surface area (Å²) < 4.78 is 0. The van der Waals surface area contributed by atoms with Gasteiger partial charge in [-0.3, -0.25) is 9.88 Å². The van der Waals surface area contributed by atoms with Crippen LogP contribution in [0.4, 0.5) is 0 Å². The van der Waals surface area contributed by atoms with Gasteiger partial charge in [0.2, 0.25) is 0 Å². The Labute approximate surface area is 109 Å². The molecular formula is C15H20N2O. The predicted octanol–water partition coefficient (Wildman–Crippen LogP) is 1.97. The van der Waals surface area contributed by atoms with E-state index in [9.17, 15) is 5.11 Å². The van der Waals surface area contributed by atoms with Crippen LogP contribution in [-0.2, 0) is 0 Å². The summed E-state index contributed by atoms with van der Waals surface area (Å²) >= 11 is 0. The third-order valence-corrected chi connectivity index (χ3v) is 3.18. The Bertz CT molecular complexity index is 479. The molecule has 0 bridgehead atoms. The molecule has 1 aliphatic heterocycles. The fraction of sp³-hybridized carbons (Fsp3) is 0.533. The van der Waals surface area contributed by atoms with Gasteiger partial charge in [0.25, 0.3) is 0 Å². The van der Waals surface area contributed by atoms with Gasteiger partial charge in [-0.2, -0.15) is 0 Å². The molecule has 1 fully saturated rings. The average Bonchev–Trinajstić information content (AvgIpc) is 2.72. The third-order valence-electron chi connectivity index (χ3n) is 3.18. The Balaban J connectivity index is 2.22. The molecule has 0 saturated carbocycles. The van der Waals surface area contributed by atoms with Crippen molar-refractivity contribution in [3.8, 4) is 11.8 Å². The first-order chi connectivity index (χ1) is 8.46. The van der Waals surface area contributed by atoms with E-state index in [0.29, 0.717) is 6.04 Å². The second-order valence-corrected chi connectivity index (χ2v) is 5.45. The normalized spacial score (nSPS) is 20.6. The second-order valence-electron chi connectivity index (χ2n) is 5.45. The molecule has 3 nitrogen and oxygen atoms in total. The summed E-state index contributed by atoms with van der Waals surface area (Å²) in [5.74, 6) is 5.80. The highest BCUT2D eigenvalue weighted by atomic mass is 16.3. The Morgan fingerprint density at radius 3 is 2.83 bits per heavy atom. The molecule has 1 aliphatic rings. The first kappa shape index (κ1) is 13.1. The number of aliphatic hydroxyl groups is 1. The molecule has 1 N–H and O–H groups in total. The number of likely N-dealkylation sites (tertiary alicyclic amines) is 1. The molecule has 1 saturated heterocycles. The van der Waals surface area contributed by atoms with E-state index in [-0.39, 0.29) is 0 Å². The number of pyridine rings is 1. The molecule has 1 aromatic rings. The first-order valence-corrected chi connectivity index (χ1v) is 6.36. The molecule has 2 rings (SSSR count). The van der Waals surface area contributed by atoms with E-state index >= 15 is 0 Å². The molecule has 0 radical (unpaired) electrons. The molecule has 0 unspecified atom stereocenters. The lowest BCUT2D eigenvalue weighted by molar-refractivity contribution is 0.143. The monoisotopic (exact) mass is 244 g/mol. The largest absolute Gasteiger partial charge is 0.378 e. The van der Waals surface area contributed by atoms with Crippen molar-refractivity contribution in [2.45, 2.75) is 38.3 Å². The van der Waals surface area contributed by atoms with Crippen molar-refractivity contribution >= 4 is 0 Å². The van der Waals surface area contributed by atoms with E-state index in [2.05, 4.69) is 34.8 Å². The van der Waals surface area contributed by atoms with Crippen molar-refractivity contribution in [3.05, 3.63) is 29.6 Å². The highest BCUT2D eigenvalue weighted by Gasteiger charge is 2.22. The van der Waals surface area contributed by atoms with Crippen LogP contribution in [0.3, 0.4) is 0 Å². The van der Waals surface area contributed by atoms with Crippen LogP contribution in [0.25, 0.3) is 0 Å². The van der Waals surface area contributed by atoms with Crippen molar-refractivity contribution in [2.24, 2.45) is 0 Å². The van der Waals surface area contributed by atoms with Gasteiger partial charge in [-0.15, -0.1) is 0 Å². The Morgan fingerprint density at radius 2 is 2.22 bits per heavy atom. The van der Waals surface area contributed by atoms with Gasteiger partial charge in [0.1, 0.15) is 5.60 Å². The lowest BCUT2D eigenvalue weighted by Gasteiger charge is -2.19. The lowest BCUT2D eigenvalue weighted by Crippen LogP contribution is -2.17. The highest BCUT2D eigenvalue weighted by molar-refractivity contribution is 5.37. The van der Waals surface area contributed by atoms with Crippen molar-refractivity contribution < 1.29 is 5.11 Å². The topological polar surface area (TPSA) is 36.4 Å². The van der Waals surface area contributed by atoms with Crippen LogP contribution in [-0.4, -0.2) is 34.2 Å². The second kappa shape index (κ2) is 5.09. The molecule has 0 aromatic carbocycles. The summed E-state index contributed by atoms with van der Waals surface area (Å²) in [6.07, 6.45) is 6.08. The zero-order chi connectivity index (χ0) is 13.2. The summed E-state index contributed by atoms with van der Waals surface area (Å²) in [6.45, 7) is 4.51. The summed E-state index contributed by atoms with van der Waals surface area (Å²) in [5.41, 5.74) is 1.13. The van der Waals surface area contributed by atoms with Crippen LogP contribution in [0.2, 0.25) is 0 Å². The van der Waals surface area contributed by atoms with E-state index in [1.807, 2.05) is 6.20 Å². The average molecular weight is 244 g/mol. The van der Waals surface area contributed by atoms with Crippen LogP contribution < -0.4 is 0 Å². The maximum Gasteiger partial charge on any atom is 0.120 e. The summed E-state index contributed by atoms with van der Waals surface area (Å²) in [6, 6.07) is 2.54. The van der Waals surface area contributed by atoms with Crippen LogP contribution in [0.5, 0.6) is 0 Å². The van der Waals surface area contributed by atoms with E-state index < -0.39 is 5.60 Å². The SMILES string of the molecule is CN1CCC[C@H]1c1cncc(C#CC(C)(C)O)c1. The van der Waals surface area contributed by atoms with E-state index in [0.717, 1.165) is 12.1 Å². The summed E-state index contributed by atoms with van der Waals surface area (Å²) in [7, 11) is 2.15. The maximum atomic E-state index is 9.60. The zero-order valence-corrected chi connectivity index (χ0v) is 11.3. The van der Waals surface area contributed by atoms with Gasteiger partial charge < -0.3 is 5.11 Å². The van der Waals surface area contributed by atoms with Crippen molar-refractivity contribution in [3.63, 3.8) is 0 Å². The maximum absolute atomic E-state index is 9.60. The minimum atomic E-state index is -0.958. The summed E-state index contributed by atoms with van der Waals surface area (Å²) in [5, 5.41) is 9.60. The molecule has 18 heavy (non-hydrogen) atoms. The number of hydrogen-bond acceptors (Lipinski definition) is 3. The smallest absolute Gasteiger partial charge is 0.120 e. The van der Waals surface area contributed by atoms with Crippen molar-refractivity contribution in [1.29, 1.82) is 0 Å². The van der Waals surface area contributed by atoms with Crippen molar-refractivity contribution in [1.82, 2.24) is 9.88 Å². The molecule has 2 heterocycles. The van der Waals surface area contributed by atoms with Gasteiger partial charge >= 0.3 is 0 Å². The van der Waals surface area contributed by atoms with Crippen LogP contribution in [0.1, 0.15) is 43.9 Å². The van der Waals surface area contributed by atoms with Gasteiger partial charge in [0.05, 0.1) is 0 Å². The number of nitrogens with zero attached hydrogens (tertiary/aromatic N) is 2. The lowest BCUT2D eigenvalue weighted by atomic mass is 10.0. The van der Waals surface area contributed by atoms with Crippen LogP contribution in [0, 0.1) is 11.8 Å². The minimum Gasteiger partial charge on any atom is -0.378 e. The molecule has 96 valence electrons. The molecular weight excluding hydrogens is 224 g/mol. The fourth-order valence-corrected chi connectivity index (χ4v) is 2.26. The van der Waals surface area contributed by atoms with Crippen LogP contribution >= 0.6 is 0 Å². The highest BCUT2D eigenvalue weighted by Crippen LogP contribution is 2.29. The Hall–Kier alpha value is -1.37. The first-order valence-electron chi connectivity index (χ1n) is 6.36. The minimum absolute atomic E-state index is 0.460. The van der Waals surface area contributed by atoms with Crippen molar-refractivity contribution in [2.75, 3.05) is 13.6 Å². The molecule has 0 amide bonds. The van der Waals surface area contributed by atoms with E-state index in [1.54, 1.807) is 20.0 Å². The molecule has 1 atom stereocenters. The predicted molar refractivity (Wildman–Crippen MR) is 72.0 cm³/mol. The Kier molecular flexibility index (Phi) is 3.70. The zero-order valence-electron chi connectivity index (χ0n) is 11.3. The molecule has 0 spiro atoms. The van der Waals surface area contributed by atoms with Gasteiger partial charge in [-0.25, -0.2) is 0 Å². The van der Waals surface area contributed by atoms with Gasteiger partial charge in [-0.05, 0) is 51.9 Å². The van der Waals surface area contributed by atoms with Gasteiger partial charge in [0.15, 0.2) is 0 Å². The van der Waals surface area contributed by atoms with Gasteiger partial charge in [0, 0.05) is 24.0 Å². The fourth-order valence-electron chi connectivity index (χ4n) is 2.26. The third kappa shape index (κ3) is 3.32. The number of hydrogen-bond donors (Lipinski definition) is 1. The van der Waals surface area contributed by atoms with Gasteiger partial charge in [-0.1, -0.05) is 11.8 Å². The number of rotatable bonds is 1. The molecule has 1 aromatic heterocycles. The summed E-state index contributed by atoms with van der Waals surface area (Å²) in [4.78, 5) is 6.60. The number of aromatic nitrogens is 1. The quantitative estimate of drug-likeness (QED) is 0.767. The molecule has 0 aliphatic carbocycles. The van der Waals surface area contributed by atoms with E-state index in [1.165, 1.54) is 18.4 Å². The van der Waals surface area contributed by atoms with E-state index in [4.69, 9.17) is 0 Å². The standard InChI is InChI=1S/C15H20N2O/c1-15(2,18)7-6-12-9-13(11-16-10-12)14-5-4-8-17(14)3/h9-11,14,18H,4-5,8H2,1-3H3/t14-/m0/s1. The Morgan fingerprint density at radius 1 is 1.44 bits per heavy atom. The molecule has 3 heteroatoms. The van der Waals surface area contributed by atoms with Crippen LogP contribution in [0.15, 0.2) is 18.5 Å².